The maximum atomic E-state index is 13.3. The number of benzene rings is 1. The van der Waals surface area contributed by atoms with Gasteiger partial charge in [-0.15, -0.1) is 0 Å². The van der Waals surface area contributed by atoms with Gasteiger partial charge in [-0.3, -0.25) is 9.59 Å². The highest BCUT2D eigenvalue weighted by Crippen LogP contribution is 2.31. The van der Waals surface area contributed by atoms with Crippen LogP contribution >= 0.6 is 0 Å². The molecule has 0 bridgehead atoms. The molecule has 170 valence electrons. The predicted molar refractivity (Wildman–Crippen MR) is 124 cm³/mol. The van der Waals surface area contributed by atoms with Crippen LogP contribution in [0, 0.1) is 20.8 Å². The minimum atomic E-state index is -0.243. The lowest BCUT2D eigenvalue weighted by atomic mass is 9.99. The van der Waals surface area contributed by atoms with E-state index in [1.165, 1.54) is 0 Å². The van der Waals surface area contributed by atoms with E-state index in [0.29, 0.717) is 47.3 Å². The van der Waals surface area contributed by atoms with Crippen molar-refractivity contribution < 1.29 is 9.59 Å². The van der Waals surface area contributed by atoms with Gasteiger partial charge < -0.3 is 10.2 Å². The summed E-state index contributed by atoms with van der Waals surface area (Å²) in [5, 5.41) is 2.92. The van der Waals surface area contributed by atoms with Gasteiger partial charge in [0, 0.05) is 25.5 Å². The van der Waals surface area contributed by atoms with Gasteiger partial charge in [0.05, 0.1) is 28.6 Å². The molecule has 0 aliphatic carbocycles. The molecule has 1 saturated heterocycles. The highest BCUT2D eigenvalue weighted by molar-refractivity contribution is 5.95. The van der Waals surface area contributed by atoms with Gasteiger partial charge in [-0.25, -0.2) is 19.9 Å². The van der Waals surface area contributed by atoms with Crippen LogP contribution in [0.4, 0.5) is 0 Å². The van der Waals surface area contributed by atoms with E-state index in [-0.39, 0.29) is 17.9 Å². The monoisotopic (exact) mass is 444 g/mol. The van der Waals surface area contributed by atoms with Gasteiger partial charge in [0.1, 0.15) is 5.82 Å². The molecular weight excluding hydrogens is 416 g/mol. The third-order valence-corrected chi connectivity index (χ3v) is 5.93. The first-order valence-electron chi connectivity index (χ1n) is 11.2. The SMILES string of the molecule is Cc1ncc(C(=O)N2CCCCC2c2ncc(C(=O)NCc3ccccc3)c(C)n2)c(C)n1. The summed E-state index contributed by atoms with van der Waals surface area (Å²) in [5.41, 5.74) is 3.22. The first kappa shape index (κ1) is 22.5. The van der Waals surface area contributed by atoms with Crippen LogP contribution in [0.5, 0.6) is 0 Å². The first-order valence-corrected chi connectivity index (χ1v) is 11.2. The van der Waals surface area contributed by atoms with Crippen molar-refractivity contribution in [3.05, 3.63) is 82.5 Å². The largest absolute Gasteiger partial charge is 0.348 e. The molecule has 0 saturated carbocycles. The number of nitrogens with zero attached hydrogens (tertiary/aromatic N) is 5. The van der Waals surface area contributed by atoms with E-state index in [2.05, 4.69) is 25.3 Å². The molecule has 2 amide bonds. The average Bonchev–Trinajstić information content (AvgIpc) is 2.83. The minimum Gasteiger partial charge on any atom is -0.348 e. The van der Waals surface area contributed by atoms with Crippen molar-refractivity contribution in [1.82, 2.24) is 30.2 Å². The highest BCUT2D eigenvalue weighted by Gasteiger charge is 2.32. The Balaban J connectivity index is 1.52. The van der Waals surface area contributed by atoms with E-state index < -0.39 is 0 Å². The Hall–Kier alpha value is -3.68. The van der Waals surface area contributed by atoms with Crippen molar-refractivity contribution in [3.8, 4) is 0 Å². The second-order valence-corrected chi connectivity index (χ2v) is 8.32. The molecule has 8 heteroatoms. The molecule has 0 spiro atoms. The van der Waals surface area contributed by atoms with Gasteiger partial charge in [0.15, 0.2) is 5.82 Å². The van der Waals surface area contributed by atoms with E-state index in [0.717, 1.165) is 24.8 Å². The zero-order valence-electron chi connectivity index (χ0n) is 19.2. The maximum absolute atomic E-state index is 13.3. The fourth-order valence-electron chi connectivity index (χ4n) is 4.13. The van der Waals surface area contributed by atoms with E-state index in [1.54, 1.807) is 26.2 Å². The second kappa shape index (κ2) is 9.85. The Morgan fingerprint density at radius 1 is 0.970 bits per heavy atom. The van der Waals surface area contributed by atoms with Crippen LogP contribution < -0.4 is 5.32 Å². The predicted octanol–water partition coefficient (Wildman–Crippen LogP) is 3.49. The van der Waals surface area contributed by atoms with E-state index in [9.17, 15) is 9.59 Å². The summed E-state index contributed by atoms with van der Waals surface area (Å²) in [6.45, 7) is 6.49. The van der Waals surface area contributed by atoms with Crippen molar-refractivity contribution in [2.24, 2.45) is 0 Å². The summed E-state index contributed by atoms with van der Waals surface area (Å²) in [6, 6.07) is 9.49. The number of rotatable bonds is 5. The van der Waals surface area contributed by atoms with Gasteiger partial charge >= 0.3 is 0 Å². The van der Waals surface area contributed by atoms with E-state index in [1.807, 2.05) is 42.2 Å². The molecule has 1 atom stereocenters. The topological polar surface area (TPSA) is 101 Å². The van der Waals surface area contributed by atoms with Crippen molar-refractivity contribution in [2.45, 2.75) is 52.6 Å². The maximum Gasteiger partial charge on any atom is 0.257 e. The Morgan fingerprint density at radius 3 is 2.42 bits per heavy atom. The van der Waals surface area contributed by atoms with Crippen LogP contribution in [-0.4, -0.2) is 43.2 Å². The third-order valence-electron chi connectivity index (χ3n) is 5.93. The summed E-state index contributed by atoms with van der Waals surface area (Å²) in [4.78, 5) is 45.5. The van der Waals surface area contributed by atoms with Crippen LogP contribution in [0.3, 0.4) is 0 Å². The van der Waals surface area contributed by atoms with Gasteiger partial charge in [0.2, 0.25) is 0 Å². The van der Waals surface area contributed by atoms with Crippen molar-refractivity contribution in [1.29, 1.82) is 0 Å². The Labute approximate surface area is 193 Å². The number of amides is 2. The van der Waals surface area contributed by atoms with Gasteiger partial charge in [-0.2, -0.15) is 0 Å². The van der Waals surface area contributed by atoms with Gasteiger partial charge in [-0.1, -0.05) is 30.3 Å². The number of carbonyl (C=O) groups excluding carboxylic acids is 2. The number of carbonyl (C=O) groups is 2. The number of aryl methyl sites for hydroxylation is 3. The molecule has 0 radical (unpaired) electrons. The Morgan fingerprint density at radius 2 is 1.70 bits per heavy atom. The fraction of sp³-hybridized carbons (Fsp3) is 0.360. The quantitative estimate of drug-likeness (QED) is 0.646. The van der Waals surface area contributed by atoms with Crippen molar-refractivity contribution in [2.75, 3.05) is 6.54 Å². The molecule has 1 aromatic carbocycles. The molecule has 1 fully saturated rings. The lowest BCUT2D eigenvalue weighted by molar-refractivity contribution is 0.0597. The zero-order chi connectivity index (χ0) is 23.4. The minimum absolute atomic E-state index is 0.108. The standard InChI is InChI=1S/C25H28N6O2/c1-16-20(24(32)28-13-19-9-5-4-6-10-19)14-27-23(30-16)22-11-7-8-12-31(22)25(33)21-15-26-18(3)29-17(21)2/h4-6,9-10,14-15,22H,7-8,11-13H2,1-3H3,(H,28,32). The molecule has 33 heavy (non-hydrogen) atoms. The Bertz CT molecular complexity index is 1160. The smallest absolute Gasteiger partial charge is 0.257 e. The highest BCUT2D eigenvalue weighted by atomic mass is 16.2. The Kier molecular flexibility index (Phi) is 6.72. The van der Waals surface area contributed by atoms with Crippen LogP contribution in [0.2, 0.25) is 0 Å². The molecule has 3 heterocycles. The van der Waals surface area contributed by atoms with Gasteiger partial charge in [-0.05, 0) is 45.6 Å². The summed E-state index contributed by atoms with van der Waals surface area (Å²) in [6.07, 6.45) is 5.84. The molecule has 1 aliphatic heterocycles. The van der Waals surface area contributed by atoms with Crippen molar-refractivity contribution >= 4 is 11.8 Å². The molecule has 8 nitrogen and oxygen atoms in total. The summed E-state index contributed by atoms with van der Waals surface area (Å²) in [7, 11) is 0. The van der Waals surface area contributed by atoms with Crippen LogP contribution in [-0.2, 0) is 6.54 Å². The second-order valence-electron chi connectivity index (χ2n) is 8.32. The average molecular weight is 445 g/mol. The normalized spacial score (nSPS) is 15.8. The number of hydrogen-bond donors (Lipinski definition) is 1. The van der Waals surface area contributed by atoms with E-state index >= 15 is 0 Å². The zero-order valence-corrected chi connectivity index (χ0v) is 19.2. The lowest BCUT2D eigenvalue weighted by Gasteiger charge is -2.35. The fourth-order valence-corrected chi connectivity index (χ4v) is 4.13. The molecular formula is C25H28N6O2. The van der Waals surface area contributed by atoms with Crippen LogP contribution in [0.25, 0.3) is 0 Å². The molecule has 1 N–H and O–H groups in total. The number of hydrogen-bond acceptors (Lipinski definition) is 6. The number of nitrogens with one attached hydrogen (secondary N) is 1. The first-order chi connectivity index (χ1) is 15.9. The summed E-state index contributed by atoms with van der Waals surface area (Å²) < 4.78 is 0. The number of aromatic nitrogens is 4. The molecule has 4 rings (SSSR count). The number of piperidine rings is 1. The van der Waals surface area contributed by atoms with Crippen LogP contribution in [0.1, 0.15) is 74.6 Å². The summed E-state index contributed by atoms with van der Waals surface area (Å²) >= 11 is 0. The molecule has 3 aromatic rings. The lowest BCUT2D eigenvalue weighted by Crippen LogP contribution is -2.40. The summed E-state index contributed by atoms with van der Waals surface area (Å²) in [5.74, 6) is 0.875. The molecule has 1 aliphatic rings. The molecule has 2 aromatic heterocycles. The number of likely N-dealkylation sites (tertiary alicyclic amines) is 1. The van der Waals surface area contributed by atoms with Crippen LogP contribution in [0.15, 0.2) is 42.7 Å². The molecule has 1 unspecified atom stereocenters. The van der Waals surface area contributed by atoms with E-state index in [4.69, 9.17) is 0 Å². The third kappa shape index (κ3) is 5.05. The van der Waals surface area contributed by atoms with Crippen molar-refractivity contribution in [3.63, 3.8) is 0 Å². The van der Waals surface area contributed by atoms with Gasteiger partial charge in [0.25, 0.3) is 11.8 Å².